The molecule has 0 unspecified atom stereocenters. The van der Waals surface area contributed by atoms with Crippen molar-refractivity contribution >= 4 is 29.0 Å². The van der Waals surface area contributed by atoms with Crippen LogP contribution in [0.4, 0.5) is 4.79 Å². The average Bonchev–Trinajstić information content (AvgIpc) is 2.95. The number of carbonyl (C=O) groups is 2. The third-order valence-electron chi connectivity index (χ3n) is 4.52. The molecule has 6 heteroatoms. The van der Waals surface area contributed by atoms with E-state index >= 15 is 0 Å². The number of nitrogens with zero attached hydrogens (tertiary/aromatic N) is 1. The van der Waals surface area contributed by atoms with Gasteiger partial charge in [0.05, 0.1) is 12.7 Å². The molecule has 0 aliphatic carbocycles. The molecule has 1 saturated heterocycles. The summed E-state index contributed by atoms with van der Waals surface area (Å²) in [7, 11) is 1.41. The van der Waals surface area contributed by atoms with Crippen LogP contribution >= 0.6 is 11.3 Å². The number of rotatable bonds is 3. The van der Waals surface area contributed by atoms with E-state index in [-0.39, 0.29) is 12.1 Å². The summed E-state index contributed by atoms with van der Waals surface area (Å²) in [5.41, 5.74) is 3.83. The summed E-state index contributed by atoms with van der Waals surface area (Å²) in [6.45, 7) is 11.1. The fourth-order valence-corrected chi connectivity index (χ4v) is 4.41. The molecule has 0 radical (unpaired) electrons. The van der Waals surface area contributed by atoms with Crippen molar-refractivity contribution < 1.29 is 19.1 Å². The van der Waals surface area contributed by atoms with E-state index in [0.717, 1.165) is 29.7 Å². The molecule has 1 aliphatic rings. The average molecular weight is 380 g/mol. The van der Waals surface area contributed by atoms with Crippen molar-refractivity contribution in [2.75, 3.05) is 20.2 Å². The summed E-state index contributed by atoms with van der Waals surface area (Å²) < 4.78 is 10.3. The van der Waals surface area contributed by atoms with Crippen LogP contribution in [0.1, 0.15) is 67.8 Å². The predicted octanol–water partition coefficient (Wildman–Crippen LogP) is 5.04. The maximum absolute atomic E-state index is 12.2. The van der Waals surface area contributed by atoms with Gasteiger partial charge in [0, 0.05) is 23.3 Å². The maximum Gasteiger partial charge on any atom is 0.410 e. The highest BCUT2D eigenvalue weighted by molar-refractivity contribution is 7.11. The number of thiophene rings is 1. The van der Waals surface area contributed by atoms with Gasteiger partial charge in [0.1, 0.15) is 5.60 Å². The lowest BCUT2D eigenvalue weighted by Crippen LogP contribution is -2.40. The lowest BCUT2D eigenvalue weighted by molar-refractivity contribution is 0.0236. The first-order valence-electron chi connectivity index (χ1n) is 9.03. The zero-order valence-electron chi connectivity index (χ0n) is 16.6. The standard InChI is InChI=1S/C20H29NO4S/c1-7-15(17-13(2)16(12-26-17)18(22)24-6)14-8-10-21(11-9-14)19(23)25-20(3,4)5/h12H,7-11H2,1-6H3. The third kappa shape index (κ3) is 4.67. The maximum atomic E-state index is 12.2. The quantitative estimate of drug-likeness (QED) is 0.691. The van der Waals surface area contributed by atoms with Gasteiger partial charge in [0.2, 0.25) is 0 Å². The molecule has 2 heterocycles. The van der Waals surface area contributed by atoms with E-state index in [2.05, 4.69) is 6.92 Å². The van der Waals surface area contributed by atoms with E-state index in [1.54, 1.807) is 16.2 Å². The molecule has 0 saturated carbocycles. The van der Waals surface area contributed by atoms with E-state index in [4.69, 9.17) is 9.47 Å². The monoisotopic (exact) mass is 379 g/mol. The van der Waals surface area contributed by atoms with Gasteiger partial charge in [-0.2, -0.15) is 0 Å². The number of esters is 1. The van der Waals surface area contributed by atoms with Crippen LogP contribution in [0.2, 0.25) is 0 Å². The fourth-order valence-electron chi connectivity index (χ4n) is 3.18. The van der Waals surface area contributed by atoms with Crippen molar-refractivity contribution in [3.05, 3.63) is 27.0 Å². The van der Waals surface area contributed by atoms with E-state index in [1.807, 2.05) is 33.1 Å². The molecule has 144 valence electrons. The van der Waals surface area contributed by atoms with Crippen molar-refractivity contribution in [1.82, 2.24) is 4.90 Å². The van der Waals surface area contributed by atoms with E-state index in [9.17, 15) is 9.59 Å². The molecule has 2 rings (SSSR count). The molecule has 1 aliphatic heterocycles. The van der Waals surface area contributed by atoms with Crippen LogP contribution < -0.4 is 0 Å². The molecular weight excluding hydrogens is 350 g/mol. The topological polar surface area (TPSA) is 55.8 Å². The SMILES string of the molecule is CCC(=C1CCN(C(=O)OC(C)(C)C)CC1)c1scc(C(=O)OC)c1C. The van der Waals surface area contributed by atoms with E-state index in [1.165, 1.54) is 18.3 Å². The molecule has 26 heavy (non-hydrogen) atoms. The van der Waals surface area contributed by atoms with Crippen molar-refractivity contribution in [2.24, 2.45) is 0 Å². The summed E-state index contributed by atoms with van der Waals surface area (Å²) in [5, 5.41) is 1.88. The van der Waals surface area contributed by atoms with Crippen LogP contribution in [0, 0.1) is 6.92 Å². The Labute approximate surface area is 160 Å². The Balaban J connectivity index is 2.16. The predicted molar refractivity (Wildman–Crippen MR) is 105 cm³/mol. The first-order chi connectivity index (χ1) is 12.2. The van der Waals surface area contributed by atoms with Crippen LogP contribution in [-0.2, 0) is 9.47 Å². The Morgan fingerprint density at radius 2 is 1.85 bits per heavy atom. The van der Waals surface area contributed by atoms with Crippen molar-refractivity contribution in [2.45, 2.75) is 59.5 Å². The number of methoxy groups -OCH3 is 1. The van der Waals surface area contributed by atoms with Crippen LogP contribution in [0.5, 0.6) is 0 Å². The normalized spacial score (nSPS) is 15.0. The number of carbonyl (C=O) groups excluding carboxylic acids is 2. The van der Waals surface area contributed by atoms with Gasteiger partial charge in [-0.25, -0.2) is 9.59 Å². The Morgan fingerprint density at radius 1 is 1.23 bits per heavy atom. The first kappa shape index (κ1) is 20.5. The van der Waals surface area contributed by atoms with Gasteiger partial charge in [0.25, 0.3) is 0 Å². The van der Waals surface area contributed by atoms with Gasteiger partial charge < -0.3 is 14.4 Å². The Kier molecular flexibility index (Phi) is 6.50. The van der Waals surface area contributed by atoms with Crippen LogP contribution in [0.3, 0.4) is 0 Å². The van der Waals surface area contributed by atoms with Gasteiger partial charge in [0.15, 0.2) is 0 Å². The molecule has 1 aromatic heterocycles. The summed E-state index contributed by atoms with van der Waals surface area (Å²) in [6.07, 6.45) is 2.35. The minimum Gasteiger partial charge on any atom is -0.465 e. The molecule has 0 spiro atoms. The van der Waals surface area contributed by atoms with Crippen molar-refractivity contribution in [3.63, 3.8) is 0 Å². The molecule has 1 aromatic rings. The highest BCUT2D eigenvalue weighted by Gasteiger charge is 2.26. The summed E-state index contributed by atoms with van der Waals surface area (Å²) in [5.74, 6) is -0.287. The molecule has 5 nitrogen and oxygen atoms in total. The van der Waals surface area contributed by atoms with Crippen molar-refractivity contribution in [1.29, 1.82) is 0 Å². The minimum atomic E-state index is -0.472. The van der Waals surface area contributed by atoms with Gasteiger partial charge >= 0.3 is 12.1 Å². The number of allylic oxidation sites excluding steroid dienone is 1. The van der Waals surface area contributed by atoms with Gasteiger partial charge in [-0.15, -0.1) is 11.3 Å². The minimum absolute atomic E-state index is 0.241. The highest BCUT2D eigenvalue weighted by atomic mass is 32.1. The smallest absolute Gasteiger partial charge is 0.410 e. The lowest BCUT2D eigenvalue weighted by Gasteiger charge is -2.32. The number of hydrogen-bond acceptors (Lipinski definition) is 5. The zero-order chi connectivity index (χ0) is 19.5. The van der Waals surface area contributed by atoms with Gasteiger partial charge in [-0.05, 0) is 58.1 Å². The number of likely N-dealkylation sites (tertiary alicyclic amines) is 1. The molecule has 1 fully saturated rings. The Bertz CT molecular complexity index is 702. The second kappa shape index (κ2) is 8.25. The summed E-state index contributed by atoms with van der Waals surface area (Å²) in [4.78, 5) is 27.1. The number of piperidine rings is 1. The Hall–Kier alpha value is -1.82. The van der Waals surface area contributed by atoms with E-state index < -0.39 is 5.60 Å². The van der Waals surface area contributed by atoms with E-state index in [0.29, 0.717) is 18.7 Å². The molecule has 0 atom stereocenters. The number of amides is 1. The second-order valence-corrected chi connectivity index (χ2v) is 8.38. The number of ether oxygens (including phenoxy) is 2. The molecular formula is C20H29NO4S. The molecule has 0 bridgehead atoms. The van der Waals surface area contributed by atoms with Crippen molar-refractivity contribution in [3.8, 4) is 0 Å². The zero-order valence-corrected chi connectivity index (χ0v) is 17.4. The second-order valence-electron chi connectivity index (χ2n) is 7.50. The summed E-state index contributed by atoms with van der Waals surface area (Å²) >= 11 is 1.60. The number of hydrogen-bond donors (Lipinski definition) is 0. The molecule has 1 amide bonds. The van der Waals surface area contributed by atoms with Gasteiger partial charge in [-0.3, -0.25) is 0 Å². The van der Waals surface area contributed by atoms with Crippen LogP contribution in [-0.4, -0.2) is 42.8 Å². The largest absolute Gasteiger partial charge is 0.465 e. The fraction of sp³-hybridized carbons (Fsp3) is 0.600. The summed E-state index contributed by atoms with van der Waals surface area (Å²) in [6, 6.07) is 0. The molecule has 0 N–H and O–H groups in total. The third-order valence-corrected chi connectivity index (χ3v) is 5.66. The first-order valence-corrected chi connectivity index (χ1v) is 9.91. The van der Waals surface area contributed by atoms with Gasteiger partial charge in [-0.1, -0.05) is 12.5 Å². The van der Waals surface area contributed by atoms with Crippen LogP contribution in [0.25, 0.3) is 5.57 Å². The lowest BCUT2D eigenvalue weighted by atomic mass is 9.93. The molecule has 0 aromatic carbocycles. The van der Waals surface area contributed by atoms with Crippen LogP contribution in [0.15, 0.2) is 11.0 Å². The highest BCUT2D eigenvalue weighted by Crippen LogP contribution is 2.36. The Morgan fingerprint density at radius 3 is 2.35 bits per heavy atom.